The quantitative estimate of drug-likeness (QED) is 0.650. The Bertz CT molecular complexity index is 717. The Balaban J connectivity index is 1.73. The van der Waals surface area contributed by atoms with Gasteiger partial charge in [-0.1, -0.05) is 51.0 Å². The summed E-state index contributed by atoms with van der Waals surface area (Å²) in [4.78, 5) is 4.68. The summed E-state index contributed by atoms with van der Waals surface area (Å²) < 4.78 is 1.84. The highest BCUT2D eigenvalue weighted by Crippen LogP contribution is 2.24. The van der Waals surface area contributed by atoms with Gasteiger partial charge in [0.25, 0.3) is 0 Å². The minimum Gasteiger partial charge on any atom is -0.246 e. The number of alkyl halides is 1. The van der Waals surface area contributed by atoms with Crippen molar-refractivity contribution in [2.75, 3.05) is 5.33 Å². The second-order valence-electron chi connectivity index (χ2n) is 4.86. The Hall–Kier alpha value is -1.53. The Morgan fingerprint density at radius 1 is 1.19 bits per heavy atom. The zero-order valence-electron chi connectivity index (χ0n) is 11.7. The molecule has 0 amide bonds. The van der Waals surface area contributed by atoms with Crippen LogP contribution in [-0.2, 0) is 13.0 Å². The van der Waals surface area contributed by atoms with Crippen LogP contribution in [0.2, 0.25) is 0 Å². The van der Waals surface area contributed by atoms with E-state index in [1.807, 2.05) is 10.9 Å². The van der Waals surface area contributed by atoms with Crippen LogP contribution in [0.3, 0.4) is 0 Å². The molecule has 6 heteroatoms. The van der Waals surface area contributed by atoms with Crippen LogP contribution in [0.5, 0.6) is 0 Å². The lowest BCUT2D eigenvalue weighted by atomic mass is 10.2. The predicted octanol–water partition coefficient (Wildman–Crippen LogP) is 3.70. The largest absolute Gasteiger partial charge is 0.246 e. The monoisotopic (exact) mass is 362 g/mol. The van der Waals surface area contributed by atoms with E-state index in [1.165, 1.54) is 5.56 Å². The number of aryl methyl sites for hydroxylation is 2. The third-order valence-corrected chi connectivity index (χ3v) is 4.45. The molecule has 3 aromatic rings. The summed E-state index contributed by atoms with van der Waals surface area (Å²) in [6.07, 6.45) is 2.87. The third-order valence-electron chi connectivity index (χ3n) is 3.11. The molecule has 21 heavy (non-hydrogen) atoms. The first-order valence-electron chi connectivity index (χ1n) is 6.71. The molecule has 0 saturated heterocycles. The minimum absolute atomic E-state index is 0.664. The number of hydrogen-bond acceptors (Lipinski definition) is 4. The van der Waals surface area contributed by atoms with Gasteiger partial charge in [0.05, 0.1) is 17.9 Å². The highest BCUT2D eigenvalue weighted by Gasteiger charge is 2.07. The molecule has 0 spiro atoms. The van der Waals surface area contributed by atoms with E-state index in [1.54, 1.807) is 11.3 Å². The van der Waals surface area contributed by atoms with Gasteiger partial charge in [0.15, 0.2) is 0 Å². The molecule has 108 valence electrons. The number of aromatic nitrogens is 4. The molecule has 2 heterocycles. The number of thiazole rings is 1. The van der Waals surface area contributed by atoms with Crippen molar-refractivity contribution in [2.45, 2.75) is 19.9 Å². The SMILES string of the molecule is Cc1ccc(-c2nc(Cn3cc(CCBr)nn3)cs2)cc1. The van der Waals surface area contributed by atoms with E-state index in [0.29, 0.717) is 6.54 Å². The molecule has 4 nitrogen and oxygen atoms in total. The van der Waals surface area contributed by atoms with E-state index >= 15 is 0 Å². The van der Waals surface area contributed by atoms with Crippen LogP contribution >= 0.6 is 27.3 Å². The summed E-state index contributed by atoms with van der Waals surface area (Å²) in [7, 11) is 0. The molecule has 0 aliphatic heterocycles. The molecule has 0 aliphatic rings. The zero-order valence-corrected chi connectivity index (χ0v) is 14.1. The second kappa shape index (κ2) is 6.49. The average molecular weight is 363 g/mol. The molecule has 0 N–H and O–H groups in total. The Labute approximate surface area is 136 Å². The lowest BCUT2D eigenvalue weighted by molar-refractivity contribution is 0.641. The van der Waals surface area contributed by atoms with Crippen LogP contribution in [0.1, 0.15) is 17.0 Å². The van der Waals surface area contributed by atoms with Crippen molar-refractivity contribution in [3.05, 3.63) is 52.8 Å². The molecule has 0 atom stereocenters. The van der Waals surface area contributed by atoms with Gasteiger partial charge in [-0.05, 0) is 6.92 Å². The molecule has 0 saturated carbocycles. The standard InChI is InChI=1S/C15H15BrN4S/c1-11-2-4-12(5-3-11)15-17-14(10-21-15)9-20-8-13(6-7-16)18-19-20/h2-5,8,10H,6-7,9H2,1H3. The van der Waals surface area contributed by atoms with Gasteiger partial charge in [0.2, 0.25) is 0 Å². The van der Waals surface area contributed by atoms with Gasteiger partial charge < -0.3 is 0 Å². The van der Waals surface area contributed by atoms with Crippen LogP contribution in [-0.4, -0.2) is 25.3 Å². The van der Waals surface area contributed by atoms with Crippen molar-refractivity contribution < 1.29 is 0 Å². The third kappa shape index (κ3) is 3.57. The molecule has 0 bridgehead atoms. The van der Waals surface area contributed by atoms with Gasteiger partial charge in [-0.15, -0.1) is 16.4 Å². The molecule has 1 aromatic carbocycles. The summed E-state index contributed by atoms with van der Waals surface area (Å²) in [5.74, 6) is 0. The Morgan fingerprint density at radius 2 is 2.00 bits per heavy atom. The van der Waals surface area contributed by atoms with E-state index in [0.717, 1.165) is 33.7 Å². The highest BCUT2D eigenvalue weighted by atomic mass is 79.9. The predicted molar refractivity (Wildman–Crippen MR) is 88.9 cm³/mol. The Morgan fingerprint density at radius 3 is 2.76 bits per heavy atom. The van der Waals surface area contributed by atoms with Gasteiger partial charge in [-0.25, -0.2) is 9.67 Å². The van der Waals surface area contributed by atoms with E-state index < -0.39 is 0 Å². The molecule has 0 aliphatic carbocycles. The van der Waals surface area contributed by atoms with Gasteiger partial charge >= 0.3 is 0 Å². The van der Waals surface area contributed by atoms with Gasteiger partial charge in [-0.3, -0.25) is 0 Å². The molecule has 0 unspecified atom stereocenters. The number of nitrogens with zero attached hydrogens (tertiary/aromatic N) is 4. The van der Waals surface area contributed by atoms with Crippen molar-refractivity contribution in [1.29, 1.82) is 0 Å². The summed E-state index contributed by atoms with van der Waals surface area (Å²) in [5, 5.41) is 12.3. The highest BCUT2D eigenvalue weighted by molar-refractivity contribution is 9.09. The molecule has 2 aromatic heterocycles. The first-order chi connectivity index (χ1) is 10.2. The molecular formula is C15H15BrN4S. The summed E-state index contributed by atoms with van der Waals surface area (Å²) in [6, 6.07) is 8.45. The van der Waals surface area contributed by atoms with Crippen LogP contribution in [0.25, 0.3) is 10.6 Å². The number of benzene rings is 1. The molecule has 0 radical (unpaired) electrons. The minimum atomic E-state index is 0.664. The van der Waals surface area contributed by atoms with Crippen LogP contribution in [0, 0.1) is 6.92 Å². The van der Waals surface area contributed by atoms with Crippen molar-refractivity contribution >= 4 is 27.3 Å². The van der Waals surface area contributed by atoms with Crippen LogP contribution in [0.15, 0.2) is 35.8 Å². The summed E-state index contributed by atoms with van der Waals surface area (Å²) in [5.41, 5.74) is 4.44. The van der Waals surface area contributed by atoms with Crippen molar-refractivity contribution in [1.82, 2.24) is 20.0 Å². The fourth-order valence-electron chi connectivity index (χ4n) is 2.00. The van der Waals surface area contributed by atoms with Crippen molar-refractivity contribution in [3.63, 3.8) is 0 Å². The topological polar surface area (TPSA) is 43.6 Å². The van der Waals surface area contributed by atoms with E-state index in [4.69, 9.17) is 0 Å². The van der Waals surface area contributed by atoms with Gasteiger partial charge in [0.1, 0.15) is 5.01 Å². The zero-order chi connectivity index (χ0) is 14.7. The number of rotatable bonds is 5. The van der Waals surface area contributed by atoms with Crippen molar-refractivity contribution in [2.24, 2.45) is 0 Å². The van der Waals surface area contributed by atoms with Crippen LogP contribution < -0.4 is 0 Å². The average Bonchev–Trinajstić information content (AvgIpc) is 3.11. The maximum Gasteiger partial charge on any atom is 0.123 e. The van der Waals surface area contributed by atoms with Crippen LogP contribution in [0.4, 0.5) is 0 Å². The fraction of sp³-hybridized carbons (Fsp3) is 0.267. The summed E-state index contributed by atoms with van der Waals surface area (Å²) >= 11 is 5.07. The lowest BCUT2D eigenvalue weighted by Gasteiger charge is -1.97. The molecule has 0 fully saturated rings. The maximum absolute atomic E-state index is 4.68. The van der Waals surface area contributed by atoms with Gasteiger partial charge in [0, 0.05) is 28.9 Å². The smallest absolute Gasteiger partial charge is 0.123 e. The second-order valence-corrected chi connectivity index (χ2v) is 6.51. The first-order valence-corrected chi connectivity index (χ1v) is 8.71. The lowest BCUT2D eigenvalue weighted by Crippen LogP contribution is -2.00. The van der Waals surface area contributed by atoms with Gasteiger partial charge in [-0.2, -0.15) is 0 Å². The van der Waals surface area contributed by atoms with E-state index in [9.17, 15) is 0 Å². The Kier molecular flexibility index (Phi) is 4.45. The van der Waals surface area contributed by atoms with E-state index in [-0.39, 0.29) is 0 Å². The van der Waals surface area contributed by atoms with E-state index in [2.05, 4.69) is 67.8 Å². The number of halogens is 1. The summed E-state index contributed by atoms with van der Waals surface area (Å²) in [6.45, 7) is 2.75. The normalized spacial score (nSPS) is 11.0. The number of hydrogen-bond donors (Lipinski definition) is 0. The maximum atomic E-state index is 4.68. The molecule has 3 rings (SSSR count). The van der Waals surface area contributed by atoms with Crippen molar-refractivity contribution in [3.8, 4) is 10.6 Å². The first kappa shape index (κ1) is 14.4. The fourth-order valence-corrected chi connectivity index (χ4v) is 3.22. The molecular weight excluding hydrogens is 348 g/mol.